The van der Waals surface area contributed by atoms with Crippen molar-refractivity contribution in [3.05, 3.63) is 41.6 Å². The third-order valence-electron chi connectivity index (χ3n) is 4.10. The van der Waals surface area contributed by atoms with Crippen LogP contribution in [0.5, 0.6) is 11.5 Å². The Morgan fingerprint density at radius 3 is 2.35 bits per heavy atom. The van der Waals surface area contributed by atoms with E-state index in [1.54, 1.807) is 31.3 Å². The van der Waals surface area contributed by atoms with Crippen LogP contribution >= 0.6 is 0 Å². The topological polar surface area (TPSA) is 76.6 Å². The van der Waals surface area contributed by atoms with Gasteiger partial charge in [-0.15, -0.1) is 10.2 Å². The highest BCUT2D eigenvalue weighted by atomic mass is 16.5. The fourth-order valence-electron chi connectivity index (χ4n) is 2.58. The van der Waals surface area contributed by atoms with E-state index in [-0.39, 0.29) is 5.91 Å². The molecule has 2 rings (SSSR count). The molecule has 1 heterocycles. The van der Waals surface area contributed by atoms with Gasteiger partial charge in [0.2, 0.25) is 0 Å². The van der Waals surface area contributed by atoms with Crippen molar-refractivity contribution < 1.29 is 14.3 Å². The van der Waals surface area contributed by atoms with Crippen LogP contribution in [-0.4, -0.2) is 54.9 Å². The molecule has 1 N–H and O–H groups in total. The average Bonchev–Trinajstić information content (AvgIpc) is 2.69. The van der Waals surface area contributed by atoms with E-state index in [2.05, 4.69) is 15.5 Å². The standard InChI is InChI=1S/C19H26N4O3/c1-5-23(6-2)19(24)15-8-10-18(22-21-15)20-12-11-14-7-9-16(25-3)17(13-14)26-4/h7-10,13H,5-6,11-12H2,1-4H3,(H,20,22). The summed E-state index contributed by atoms with van der Waals surface area (Å²) in [5, 5.41) is 11.3. The summed E-state index contributed by atoms with van der Waals surface area (Å²) in [5.74, 6) is 1.97. The van der Waals surface area contributed by atoms with E-state index in [1.165, 1.54) is 0 Å². The first-order valence-electron chi connectivity index (χ1n) is 8.70. The number of nitrogens with one attached hydrogen (secondary N) is 1. The van der Waals surface area contributed by atoms with Gasteiger partial charge in [0, 0.05) is 19.6 Å². The summed E-state index contributed by atoms with van der Waals surface area (Å²) in [6.07, 6.45) is 0.794. The molecule has 0 saturated carbocycles. The summed E-state index contributed by atoms with van der Waals surface area (Å²) in [4.78, 5) is 13.9. The van der Waals surface area contributed by atoms with Crippen LogP contribution in [0.3, 0.4) is 0 Å². The zero-order chi connectivity index (χ0) is 18.9. The number of rotatable bonds is 9. The molecule has 0 unspecified atom stereocenters. The lowest BCUT2D eigenvalue weighted by Crippen LogP contribution is -2.31. The van der Waals surface area contributed by atoms with Crippen LogP contribution in [0.25, 0.3) is 0 Å². The number of carbonyl (C=O) groups excluding carboxylic acids is 1. The Bertz CT molecular complexity index is 715. The van der Waals surface area contributed by atoms with Crippen LogP contribution in [0, 0.1) is 0 Å². The number of hydrogen-bond donors (Lipinski definition) is 1. The van der Waals surface area contributed by atoms with Gasteiger partial charge in [-0.3, -0.25) is 4.79 Å². The summed E-state index contributed by atoms with van der Waals surface area (Å²) in [7, 11) is 3.24. The van der Waals surface area contributed by atoms with Gasteiger partial charge in [-0.1, -0.05) is 6.07 Å². The van der Waals surface area contributed by atoms with Crippen LogP contribution in [0.15, 0.2) is 30.3 Å². The van der Waals surface area contributed by atoms with Gasteiger partial charge in [0.15, 0.2) is 17.2 Å². The summed E-state index contributed by atoms with van der Waals surface area (Å²) in [6, 6.07) is 9.32. The Kier molecular flexibility index (Phi) is 7.20. The molecular formula is C19H26N4O3. The molecule has 0 bridgehead atoms. The number of ether oxygens (including phenoxy) is 2. The van der Waals surface area contributed by atoms with E-state index in [9.17, 15) is 4.79 Å². The van der Waals surface area contributed by atoms with Gasteiger partial charge < -0.3 is 19.7 Å². The van der Waals surface area contributed by atoms with Crippen molar-refractivity contribution in [3.8, 4) is 11.5 Å². The van der Waals surface area contributed by atoms with Crippen LogP contribution in [0.2, 0.25) is 0 Å². The molecule has 0 atom stereocenters. The minimum atomic E-state index is -0.0978. The summed E-state index contributed by atoms with van der Waals surface area (Å²) < 4.78 is 10.5. The molecule has 0 fully saturated rings. The van der Waals surface area contributed by atoms with Gasteiger partial charge in [0.05, 0.1) is 14.2 Å². The van der Waals surface area contributed by atoms with Crippen molar-refractivity contribution in [1.29, 1.82) is 0 Å². The molecule has 0 aliphatic rings. The monoisotopic (exact) mass is 358 g/mol. The number of amides is 1. The molecule has 2 aromatic rings. The molecule has 0 radical (unpaired) electrons. The highest BCUT2D eigenvalue weighted by molar-refractivity contribution is 5.92. The van der Waals surface area contributed by atoms with E-state index >= 15 is 0 Å². The Morgan fingerprint density at radius 2 is 1.77 bits per heavy atom. The highest BCUT2D eigenvalue weighted by Crippen LogP contribution is 2.27. The second kappa shape index (κ2) is 9.60. The number of anilines is 1. The minimum absolute atomic E-state index is 0.0978. The fourth-order valence-corrected chi connectivity index (χ4v) is 2.58. The summed E-state index contributed by atoms with van der Waals surface area (Å²) >= 11 is 0. The third kappa shape index (κ3) is 4.84. The second-order valence-corrected chi connectivity index (χ2v) is 5.65. The number of carbonyl (C=O) groups is 1. The number of hydrogen-bond acceptors (Lipinski definition) is 6. The number of aromatic nitrogens is 2. The van der Waals surface area contributed by atoms with Crippen molar-refractivity contribution in [1.82, 2.24) is 15.1 Å². The van der Waals surface area contributed by atoms with Gasteiger partial charge in [-0.2, -0.15) is 0 Å². The molecule has 1 aromatic carbocycles. The first kappa shape index (κ1) is 19.5. The zero-order valence-corrected chi connectivity index (χ0v) is 15.8. The molecule has 7 nitrogen and oxygen atoms in total. The largest absolute Gasteiger partial charge is 0.493 e. The Hall–Kier alpha value is -2.83. The third-order valence-corrected chi connectivity index (χ3v) is 4.10. The molecular weight excluding hydrogens is 332 g/mol. The first-order valence-corrected chi connectivity index (χ1v) is 8.70. The Labute approximate surface area is 154 Å². The van der Waals surface area contributed by atoms with Crippen LogP contribution < -0.4 is 14.8 Å². The zero-order valence-electron chi connectivity index (χ0n) is 15.8. The lowest BCUT2D eigenvalue weighted by Gasteiger charge is -2.17. The second-order valence-electron chi connectivity index (χ2n) is 5.65. The molecule has 0 spiro atoms. The van der Waals surface area contributed by atoms with Crippen LogP contribution in [0.4, 0.5) is 5.82 Å². The summed E-state index contributed by atoms with van der Waals surface area (Å²) in [6.45, 7) is 5.88. The molecule has 1 amide bonds. The Morgan fingerprint density at radius 1 is 1.04 bits per heavy atom. The van der Waals surface area contributed by atoms with Crippen molar-refractivity contribution in [3.63, 3.8) is 0 Å². The van der Waals surface area contributed by atoms with Gasteiger partial charge in [0.1, 0.15) is 5.82 Å². The molecule has 0 aliphatic carbocycles. The highest BCUT2D eigenvalue weighted by Gasteiger charge is 2.14. The van der Waals surface area contributed by atoms with E-state index in [0.717, 1.165) is 12.0 Å². The van der Waals surface area contributed by atoms with Gasteiger partial charge >= 0.3 is 0 Å². The van der Waals surface area contributed by atoms with Crippen molar-refractivity contribution in [2.75, 3.05) is 39.2 Å². The predicted molar refractivity (Wildman–Crippen MR) is 101 cm³/mol. The van der Waals surface area contributed by atoms with E-state index < -0.39 is 0 Å². The van der Waals surface area contributed by atoms with E-state index in [1.807, 2.05) is 32.0 Å². The smallest absolute Gasteiger partial charge is 0.274 e. The number of methoxy groups -OCH3 is 2. The lowest BCUT2D eigenvalue weighted by molar-refractivity contribution is 0.0766. The van der Waals surface area contributed by atoms with E-state index in [4.69, 9.17) is 9.47 Å². The molecule has 0 saturated heterocycles. The van der Waals surface area contributed by atoms with Crippen LogP contribution in [-0.2, 0) is 6.42 Å². The van der Waals surface area contributed by atoms with Crippen molar-refractivity contribution in [2.24, 2.45) is 0 Å². The number of nitrogens with zero attached hydrogens (tertiary/aromatic N) is 3. The normalized spacial score (nSPS) is 10.3. The summed E-state index contributed by atoms with van der Waals surface area (Å²) in [5.41, 5.74) is 1.48. The molecule has 7 heteroatoms. The molecule has 140 valence electrons. The van der Waals surface area contributed by atoms with Crippen molar-refractivity contribution >= 4 is 11.7 Å². The predicted octanol–water partition coefficient (Wildman–Crippen LogP) is 2.63. The van der Waals surface area contributed by atoms with Crippen molar-refractivity contribution in [2.45, 2.75) is 20.3 Å². The minimum Gasteiger partial charge on any atom is -0.493 e. The van der Waals surface area contributed by atoms with Gasteiger partial charge in [-0.25, -0.2) is 0 Å². The quantitative estimate of drug-likeness (QED) is 0.743. The molecule has 0 aliphatic heterocycles. The Balaban J connectivity index is 1.91. The number of benzene rings is 1. The lowest BCUT2D eigenvalue weighted by atomic mass is 10.1. The maximum Gasteiger partial charge on any atom is 0.274 e. The van der Waals surface area contributed by atoms with Gasteiger partial charge in [0.25, 0.3) is 5.91 Å². The first-order chi connectivity index (χ1) is 12.6. The fraction of sp³-hybridized carbons (Fsp3) is 0.421. The molecule has 26 heavy (non-hydrogen) atoms. The maximum atomic E-state index is 12.2. The SMILES string of the molecule is CCN(CC)C(=O)c1ccc(NCCc2ccc(OC)c(OC)c2)nn1. The molecule has 1 aromatic heterocycles. The average molecular weight is 358 g/mol. The van der Waals surface area contributed by atoms with Crippen LogP contribution in [0.1, 0.15) is 29.9 Å². The van der Waals surface area contributed by atoms with Gasteiger partial charge in [-0.05, 0) is 50.1 Å². The maximum absolute atomic E-state index is 12.2. The van der Waals surface area contributed by atoms with E-state index in [0.29, 0.717) is 42.6 Å².